The Kier molecular flexibility index (Phi) is 4.78. The van der Waals surface area contributed by atoms with Gasteiger partial charge in [0, 0.05) is 52.8 Å². The Labute approximate surface area is 135 Å². The highest BCUT2D eigenvalue weighted by Crippen LogP contribution is 2.60. The van der Waals surface area contributed by atoms with Gasteiger partial charge in [0.2, 0.25) is 0 Å². The van der Waals surface area contributed by atoms with E-state index in [4.69, 9.17) is 4.74 Å². The third-order valence-electron chi connectivity index (χ3n) is 5.98. The lowest BCUT2D eigenvalue weighted by Gasteiger charge is -2.56. The smallest absolute Gasteiger partial charge is 0.315 e. The van der Waals surface area contributed by atoms with Crippen molar-refractivity contribution in [2.24, 2.45) is 11.3 Å². The van der Waals surface area contributed by atoms with E-state index in [9.17, 15) is 9.00 Å². The summed E-state index contributed by atoms with van der Waals surface area (Å²) < 4.78 is 17.3. The first-order valence-electron chi connectivity index (χ1n) is 8.53. The summed E-state index contributed by atoms with van der Waals surface area (Å²) in [5.41, 5.74) is 0.205. The molecule has 1 aliphatic heterocycles. The van der Waals surface area contributed by atoms with E-state index < -0.39 is 10.8 Å². The van der Waals surface area contributed by atoms with E-state index in [1.54, 1.807) is 6.26 Å². The Morgan fingerprint density at radius 3 is 2.82 bits per heavy atom. The molecule has 126 valence electrons. The number of carbonyl (C=O) groups is 1. The van der Waals surface area contributed by atoms with Crippen LogP contribution in [-0.4, -0.2) is 47.0 Å². The van der Waals surface area contributed by atoms with Crippen LogP contribution in [0.15, 0.2) is 0 Å². The average Bonchev–Trinajstić information content (AvgIpc) is 3.12. The van der Waals surface area contributed by atoms with Crippen LogP contribution in [0, 0.1) is 11.3 Å². The number of amides is 2. The van der Waals surface area contributed by atoms with Crippen LogP contribution in [0.5, 0.6) is 0 Å². The molecule has 6 heteroatoms. The lowest BCUT2D eigenvalue weighted by Crippen LogP contribution is -2.69. The number of hydrogen-bond donors (Lipinski definition) is 2. The SMILES string of the molecule is CC(CCNC(=O)NC1C2CCOC2C12CCCC2)S(C)=O. The zero-order chi connectivity index (χ0) is 15.7. The molecule has 2 amide bonds. The number of fused-ring (bicyclic) bond motifs is 2. The molecule has 1 saturated heterocycles. The van der Waals surface area contributed by atoms with Crippen LogP contribution < -0.4 is 10.6 Å². The lowest BCUT2D eigenvalue weighted by molar-refractivity contribution is -0.126. The molecule has 0 aromatic carbocycles. The molecule has 3 fully saturated rings. The minimum Gasteiger partial charge on any atom is -0.377 e. The van der Waals surface area contributed by atoms with Gasteiger partial charge in [-0.05, 0) is 25.7 Å². The number of ether oxygens (including phenoxy) is 1. The van der Waals surface area contributed by atoms with E-state index in [0.29, 0.717) is 18.6 Å². The van der Waals surface area contributed by atoms with Crippen LogP contribution >= 0.6 is 0 Å². The van der Waals surface area contributed by atoms with Crippen molar-refractivity contribution in [1.29, 1.82) is 0 Å². The standard InChI is InChI=1S/C16H28N2O3S/c1-11(22(2)20)5-9-17-15(19)18-13-12-6-10-21-14(12)16(13)7-3-4-8-16/h11-14H,3-10H2,1-2H3,(H2,17,18,19). The van der Waals surface area contributed by atoms with Gasteiger partial charge < -0.3 is 15.4 Å². The number of urea groups is 1. The predicted octanol–water partition coefficient (Wildman–Crippen LogP) is 1.79. The molecule has 5 atom stereocenters. The summed E-state index contributed by atoms with van der Waals surface area (Å²) in [6, 6.07) is 0.205. The van der Waals surface area contributed by atoms with Crippen LogP contribution in [0.25, 0.3) is 0 Å². The Morgan fingerprint density at radius 2 is 2.14 bits per heavy atom. The van der Waals surface area contributed by atoms with E-state index >= 15 is 0 Å². The van der Waals surface area contributed by atoms with Gasteiger partial charge in [-0.2, -0.15) is 0 Å². The fourth-order valence-corrected chi connectivity index (χ4v) is 5.10. The van der Waals surface area contributed by atoms with Crippen molar-refractivity contribution < 1.29 is 13.7 Å². The van der Waals surface area contributed by atoms with Crippen LogP contribution in [0.2, 0.25) is 0 Å². The van der Waals surface area contributed by atoms with Crippen LogP contribution in [0.3, 0.4) is 0 Å². The van der Waals surface area contributed by atoms with Crippen molar-refractivity contribution in [2.45, 2.75) is 62.8 Å². The number of nitrogens with one attached hydrogen (secondary N) is 2. The van der Waals surface area contributed by atoms with Gasteiger partial charge >= 0.3 is 6.03 Å². The first kappa shape index (κ1) is 16.2. The summed E-state index contributed by atoms with van der Waals surface area (Å²) in [5, 5.41) is 6.27. The zero-order valence-electron chi connectivity index (χ0n) is 13.6. The molecule has 3 rings (SSSR count). The van der Waals surface area contributed by atoms with Gasteiger partial charge in [0.1, 0.15) is 0 Å². The quantitative estimate of drug-likeness (QED) is 0.808. The van der Waals surface area contributed by atoms with Gasteiger partial charge in [-0.15, -0.1) is 0 Å². The molecule has 22 heavy (non-hydrogen) atoms. The maximum atomic E-state index is 12.2. The highest BCUT2D eigenvalue weighted by Gasteiger charge is 2.65. The average molecular weight is 328 g/mol. The van der Waals surface area contributed by atoms with Gasteiger partial charge in [0.05, 0.1) is 6.10 Å². The maximum absolute atomic E-state index is 12.2. The van der Waals surface area contributed by atoms with Gasteiger partial charge in [-0.1, -0.05) is 19.8 Å². The molecule has 2 aliphatic carbocycles. The molecular formula is C16H28N2O3S. The number of carbonyl (C=O) groups excluding carboxylic acids is 1. The van der Waals surface area contributed by atoms with Crippen molar-refractivity contribution in [3.63, 3.8) is 0 Å². The van der Waals surface area contributed by atoms with E-state index in [-0.39, 0.29) is 22.7 Å². The Hall–Kier alpha value is -0.620. The highest BCUT2D eigenvalue weighted by atomic mass is 32.2. The van der Waals surface area contributed by atoms with Gasteiger partial charge in [-0.25, -0.2) is 4.79 Å². The van der Waals surface area contributed by atoms with Gasteiger partial charge in [0.25, 0.3) is 0 Å². The molecule has 2 N–H and O–H groups in total. The monoisotopic (exact) mass is 328 g/mol. The Balaban J connectivity index is 1.49. The molecule has 1 heterocycles. The first-order chi connectivity index (χ1) is 10.5. The van der Waals surface area contributed by atoms with Crippen molar-refractivity contribution in [2.75, 3.05) is 19.4 Å². The van der Waals surface area contributed by atoms with Crippen LogP contribution in [0.4, 0.5) is 4.79 Å². The normalized spacial score (nSPS) is 34.7. The van der Waals surface area contributed by atoms with Crippen molar-refractivity contribution >= 4 is 16.8 Å². The molecule has 5 nitrogen and oxygen atoms in total. The molecule has 0 aromatic rings. The zero-order valence-corrected chi connectivity index (χ0v) is 14.4. The molecule has 5 unspecified atom stereocenters. The molecule has 0 aromatic heterocycles. The largest absolute Gasteiger partial charge is 0.377 e. The van der Waals surface area contributed by atoms with Gasteiger partial charge in [-0.3, -0.25) is 4.21 Å². The molecule has 0 radical (unpaired) electrons. The van der Waals surface area contributed by atoms with Crippen LogP contribution in [0.1, 0.15) is 45.4 Å². The molecule has 0 bridgehead atoms. The van der Waals surface area contributed by atoms with Gasteiger partial charge in [0.15, 0.2) is 0 Å². The fourth-order valence-electron chi connectivity index (χ4n) is 4.65. The molecule has 2 saturated carbocycles. The molecular weight excluding hydrogens is 300 g/mol. The number of rotatable bonds is 5. The third-order valence-corrected chi connectivity index (χ3v) is 7.34. The van der Waals surface area contributed by atoms with E-state index in [2.05, 4.69) is 10.6 Å². The Bertz CT molecular complexity index is 451. The van der Waals surface area contributed by atoms with Crippen molar-refractivity contribution in [1.82, 2.24) is 10.6 Å². The minimum atomic E-state index is -0.825. The lowest BCUT2D eigenvalue weighted by atomic mass is 9.54. The fraction of sp³-hybridized carbons (Fsp3) is 0.938. The first-order valence-corrected chi connectivity index (χ1v) is 10.1. The molecule has 1 spiro atoms. The maximum Gasteiger partial charge on any atom is 0.315 e. The topological polar surface area (TPSA) is 67.4 Å². The molecule has 3 aliphatic rings. The predicted molar refractivity (Wildman–Crippen MR) is 87.2 cm³/mol. The Morgan fingerprint density at radius 1 is 1.41 bits per heavy atom. The summed E-state index contributed by atoms with van der Waals surface area (Å²) in [6.07, 6.45) is 8.80. The van der Waals surface area contributed by atoms with E-state index in [0.717, 1.165) is 19.4 Å². The summed E-state index contributed by atoms with van der Waals surface area (Å²) in [4.78, 5) is 12.2. The second kappa shape index (κ2) is 6.48. The summed E-state index contributed by atoms with van der Waals surface area (Å²) >= 11 is 0. The van der Waals surface area contributed by atoms with Crippen molar-refractivity contribution in [3.8, 4) is 0 Å². The van der Waals surface area contributed by atoms with E-state index in [1.807, 2.05) is 6.92 Å². The second-order valence-electron chi connectivity index (χ2n) is 7.16. The minimum absolute atomic E-state index is 0.0734. The van der Waals surface area contributed by atoms with E-state index in [1.165, 1.54) is 25.7 Å². The van der Waals surface area contributed by atoms with Crippen LogP contribution in [-0.2, 0) is 15.5 Å². The number of hydrogen-bond acceptors (Lipinski definition) is 3. The summed E-state index contributed by atoms with van der Waals surface area (Å²) in [6.45, 7) is 3.38. The highest BCUT2D eigenvalue weighted by molar-refractivity contribution is 7.84. The van der Waals surface area contributed by atoms with Crippen molar-refractivity contribution in [3.05, 3.63) is 0 Å². The summed E-state index contributed by atoms with van der Waals surface area (Å²) in [5.74, 6) is 0.505. The second-order valence-corrected chi connectivity index (χ2v) is 8.96. The third kappa shape index (κ3) is 2.80. The summed E-state index contributed by atoms with van der Waals surface area (Å²) in [7, 11) is -0.825.